The number of rotatable bonds is 6. The first-order valence-corrected chi connectivity index (χ1v) is 7.80. The summed E-state index contributed by atoms with van der Waals surface area (Å²) in [4.78, 5) is 24.6. The van der Waals surface area contributed by atoms with E-state index in [1.165, 1.54) is 6.26 Å². The predicted molar refractivity (Wildman–Crippen MR) is 89.5 cm³/mol. The minimum absolute atomic E-state index is 0.0267. The molecule has 2 aromatic rings. The van der Waals surface area contributed by atoms with Crippen LogP contribution in [0.4, 0.5) is 5.69 Å². The van der Waals surface area contributed by atoms with E-state index in [-0.39, 0.29) is 17.6 Å². The fraction of sp³-hybridized carbons (Fsp3) is 0.294. The van der Waals surface area contributed by atoms with Gasteiger partial charge >= 0.3 is 0 Å². The number of furan rings is 1. The van der Waals surface area contributed by atoms with Crippen molar-refractivity contribution in [2.75, 3.05) is 5.32 Å². The Labute approximate surface area is 140 Å². The van der Waals surface area contributed by atoms with Crippen LogP contribution in [0, 0.1) is 5.92 Å². The Morgan fingerprint density at radius 3 is 2.48 bits per heavy atom. The molecule has 6 heteroatoms. The van der Waals surface area contributed by atoms with Crippen LogP contribution in [0.3, 0.4) is 0 Å². The van der Waals surface area contributed by atoms with Crippen LogP contribution in [0.15, 0.2) is 47.1 Å². The number of nitrogens with one attached hydrogen (secondary N) is 2. The number of carbonyl (C=O) groups excluding carboxylic acids is 2. The van der Waals surface area contributed by atoms with Gasteiger partial charge in [-0.2, -0.15) is 0 Å². The SMILES string of the molecule is CCC(C)C(NC(=O)c1ccco1)C(=O)Nc1ccc(Cl)cc1. The molecule has 0 radical (unpaired) electrons. The number of anilines is 1. The van der Waals surface area contributed by atoms with E-state index in [2.05, 4.69) is 10.6 Å². The van der Waals surface area contributed by atoms with Crippen molar-refractivity contribution in [1.82, 2.24) is 5.32 Å². The maximum absolute atomic E-state index is 12.5. The molecule has 2 unspecified atom stereocenters. The summed E-state index contributed by atoms with van der Waals surface area (Å²) >= 11 is 5.83. The summed E-state index contributed by atoms with van der Waals surface area (Å²) in [5, 5.41) is 6.11. The molecule has 0 aliphatic heterocycles. The van der Waals surface area contributed by atoms with Crippen molar-refractivity contribution in [3.63, 3.8) is 0 Å². The average Bonchev–Trinajstić information content (AvgIpc) is 3.08. The van der Waals surface area contributed by atoms with E-state index in [9.17, 15) is 9.59 Å². The van der Waals surface area contributed by atoms with Gasteiger partial charge in [0.1, 0.15) is 6.04 Å². The molecule has 0 spiro atoms. The molecular weight excluding hydrogens is 316 g/mol. The third kappa shape index (κ3) is 4.60. The maximum atomic E-state index is 12.5. The van der Waals surface area contributed by atoms with Gasteiger partial charge in [-0.3, -0.25) is 9.59 Å². The lowest BCUT2D eigenvalue weighted by atomic mass is 9.98. The second kappa shape index (κ2) is 7.83. The minimum Gasteiger partial charge on any atom is -0.459 e. The summed E-state index contributed by atoms with van der Waals surface area (Å²) in [6.45, 7) is 3.88. The third-order valence-corrected chi connectivity index (χ3v) is 3.89. The lowest BCUT2D eigenvalue weighted by Gasteiger charge is -2.23. The Morgan fingerprint density at radius 1 is 1.22 bits per heavy atom. The third-order valence-electron chi connectivity index (χ3n) is 3.64. The van der Waals surface area contributed by atoms with Gasteiger partial charge in [0.05, 0.1) is 6.26 Å². The van der Waals surface area contributed by atoms with Crippen molar-refractivity contribution < 1.29 is 14.0 Å². The van der Waals surface area contributed by atoms with Gasteiger partial charge in [0.2, 0.25) is 5.91 Å². The van der Waals surface area contributed by atoms with Gasteiger partial charge in [-0.25, -0.2) is 0 Å². The van der Waals surface area contributed by atoms with Crippen LogP contribution in [-0.2, 0) is 4.79 Å². The van der Waals surface area contributed by atoms with Crippen molar-refractivity contribution in [2.24, 2.45) is 5.92 Å². The topological polar surface area (TPSA) is 71.3 Å². The van der Waals surface area contributed by atoms with Crippen LogP contribution in [-0.4, -0.2) is 17.9 Å². The van der Waals surface area contributed by atoms with E-state index in [1.807, 2.05) is 13.8 Å². The van der Waals surface area contributed by atoms with Gasteiger partial charge in [-0.05, 0) is 42.3 Å². The van der Waals surface area contributed by atoms with Crippen LogP contribution in [0.1, 0.15) is 30.8 Å². The molecule has 0 bridgehead atoms. The lowest BCUT2D eigenvalue weighted by Crippen LogP contribution is -2.47. The second-order valence-corrected chi connectivity index (χ2v) is 5.75. The van der Waals surface area contributed by atoms with Crippen LogP contribution >= 0.6 is 11.6 Å². The quantitative estimate of drug-likeness (QED) is 0.845. The lowest BCUT2D eigenvalue weighted by molar-refractivity contribution is -0.119. The summed E-state index contributed by atoms with van der Waals surface area (Å²) in [7, 11) is 0. The molecule has 0 aliphatic rings. The summed E-state index contributed by atoms with van der Waals surface area (Å²) in [6.07, 6.45) is 2.16. The van der Waals surface area contributed by atoms with Gasteiger partial charge in [0, 0.05) is 10.7 Å². The molecule has 5 nitrogen and oxygen atoms in total. The van der Waals surface area contributed by atoms with E-state index < -0.39 is 11.9 Å². The van der Waals surface area contributed by atoms with Crippen LogP contribution in [0.25, 0.3) is 0 Å². The molecule has 2 atom stereocenters. The van der Waals surface area contributed by atoms with Gasteiger partial charge in [0.25, 0.3) is 5.91 Å². The molecule has 2 N–H and O–H groups in total. The molecule has 23 heavy (non-hydrogen) atoms. The average molecular weight is 335 g/mol. The van der Waals surface area contributed by atoms with E-state index in [1.54, 1.807) is 36.4 Å². The highest BCUT2D eigenvalue weighted by Crippen LogP contribution is 2.16. The standard InChI is InChI=1S/C17H19ClN2O3/c1-3-11(2)15(20-16(21)14-5-4-10-23-14)17(22)19-13-8-6-12(18)7-9-13/h4-11,15H,3H2,1-2H3,(H,19,22)(H,20,21). The summed E-state index contributed by atoms with van der Waals surface area (Å²) in [5.41, 5.74) is 0.625. The molecule has 2 rings (SSSR count). The van der Waals surface area contributed by atoms with Crippen LogP contribution in [0.5, 0.6) is 0 Å². The molecule has 0 aliphatic carbocycles. The number of amides is 2. The predicted octanol–water partition coefficient (Wildman–Crippen LogP) is 3.72. The molecule has 1 aromatic heterocycles. The zero-order valence-electron chi connectivity index (χ0n) is 13.0. The highest BCUT2D eigenvalue weighted by Gasteiger charge is 2.27. The van der Waals surface area contributed by atoms with Crippen molar-refractivity contribution in [2.45, 2.75) is 26.3 Å². The second-order valence-electron chi connectivity index (χ2n) is 5.31. The molecule has 0 saturated heterocycles. The van der Waals surface area contributed by atoms with Crippen molar-refractivity contribution in [3.8, 4) is 0 Å². The van der Waals surface area contributed by atoms with E-state index in [0.29, 0.717) is 10.7 Å². The highest BCUT2D eigenvalue weighted by atomic mass is 35.5. The van der Waals surface area contributed by atoms with Crippen molar-refractivity contribution >= 4 is 29.1 Å². The summed E-state index contributed by atoms with van der Waals surface area (Å²) < 4.78 is 5.06. The number of halogens is 1. The highest BCUT2D eigenvalue weighted by molar-refractivity contribution is 6.30. The number of hydrogen-bond donors (Lipinski definition) is 2. The van der Waals surface area contributed by atoms with E-state index in [0.717, 1.165) is 6.42 Å². The molecule has 0 fully saturated rings. The Morgan fingerprint density at radius 2 is 1.91 bits per heavy atom. The van der Waals surface area contributed by atoms with E-state index >= 15 is 0 Å². The Kier molecular flexibility index (Phi) is 5.82. The Hall–Kier alpha value is -2.27. The van der Waals surface area contributed by atoms with E-state index in [4.69, 9.17) is 16.0 Å². The minimum atomic E-state index is -0.659. The molecule has 122 valence electrons. The number of carbonyl (C=O) groups is 2. The first-order chi connectivity index (χ1) is 11.0. The van der Waals surface area contributed by atoms with Crippen molar-refractivity contribution in [1.29, 1.82) is 0 Å². The monoisotopic (exact) mass is 334 g/mol. The molecule has 1 heterocycles. The Bertz CT molecular complexity index is 653. The molecular formula is C17H19ClN2O3. The normalized spacial score (nSPS) is 13.2. The zero-order chi connectivity index (χ0) is 16.8. The van der Waals surface area contributed by atoms with Gasteiger partial charge in [0.15, 0.2) is 5.76 Å². The van der Waals surface area contributed by atoms with Gasteiger partial charge < -0.3 is 15.1 Å². The first kappa shape index (κ1) is 17.1. The first-order valence-electron chi connectivity index (χ1n) is 7.42. The van der Waals surface area contributed by atoms with Crippen LogP contribution < -0.4 is 10.6 Å². The fourth-order valence-electron chi connectivity index (χ4n) is 2.08. The van der Waals surface area contributed by atoms with Gasteiger partial charge in [-0.15, -0.1) is 0 Å². The number of benzene rings is 1. The number of hydrogen-bond acceptors (Lipinski definition) is 3. The molecule has 0 saturated carbocycles. The van der Waals surface area contributed by atoms with Crippen molar-refractivity contribution in [3.05, 3.63) is 53.4 Å². The largest absolute Gasteiger partial charge is 0.459 e. The fourth-order valence-corrected chi connectivity index (χ4v) is 2.20. The summed E-state index contributed by atoms with van der Waals surface area (Å²) in [6, 6.07) is 9.33. The summed E-state index contributed by atoms with van der Waals surface area (Å²) in [5.74, 6) is -0.535. The Balaban J connectivity index is 2.09. The van der Waals surface area contributed by atoms with Crippen LogP contribution in [0.2, 0.25) is 5.02 Å². The molecule has 2 amide bonds. The maximum Gasteiger partial charge on any atom is 0.287 e. The zero-order valence-corrected chi connectivity index (χ0v) is 13.8. The smallest absolute Gasteiger partial charge is 0.287 e. The van der Waals surface area contributed by atoms with Gasteiger partial charge in [-0.1, -0.05) is 31.9 Å². The molecule has 1 aromatic carbocycles.